The Morgan fingerprint density at radius 2 is 1.76 bits per heavy atom. The van der Waals surface area contributed by atoms with Crippen molar-refractivity contribution in [2.75, 3.05) is 5.75 Å². The maximum atomic E-state index is 10.9. The molecule has 0 radical (unpaired) electrons. The lowest BCUT2D eigenvalue weighted by Crippen LogP contribution is -2.35. The third kappa shape index (κ3) is 2.54. The molecule has 120 valence electrons. The van der Waals surface area contributed by atoms with Crippen LogP contribution in [-0.2, 0) is 19.6 Å². The fourth-order valence-corrected chi connectivity index (χ4v) is 5.77. The topological polar surface area (TPSA) is 75.7 Å². The molecule has 0 amide bonds. The van der Waals surface area contributed by atoms with E-state index in [4.69, 9.17) is 9.47 Å². The van der Waals surface area contributed by atoms with Crippen LogP contribution in [-0.4, -0.2) is 36.7 Å². The van der Waals surface area contributed by atoms with Gasteiger partial charge >= 0.3 is 0 Å². The number of hydrogen-bond donors (Lipinski definition) is 0. The van der Waals surface area contributed by atoms with Crippen LogP contribution in [0.4, 0.5) is 0 Å². The summed E-state index contributed by atoms with van der Waals surface area (Å²) in [5.41, 5.74) is 0. The van der Waals surface area contributed by atoms with Crippen LogP contribution in [0, 0.1) is 17.8 Å². The molecule has 0 aromatic carbocycles. The summed E-state index contributed by atoms with van der Waals surface area (Å²) in [5.74, 6) is 0.639. The van der Waals surface area contributed by atoms with Crippen LogP contribution in [0.1, 0.15) is 51.4 Å². The average Bonchev–Trinajstić information content (AvgIpc) is 3.06. The van der Waals surface area contributed by atoms with E-state index in [1.165, 1.54) is 19.3 Å². The smallest absolute Gasteiger partial charge is 0.169 e. The molecule has 3 saturated carbocycles. The van der Waals surface area contributed by atoms with Crippen LogP contribution >= 0.6 is 0 Å². The Labute approximate surface area is 126 Å². The maximum absolute atomic E-state index is 10.9. The monoisotopic (exact) mass is 315 g/mol. The number of fused-ring (bicyclic) bond motifs is 5. The van der Waals surface area contributed by atoms with Crippen molar-refractivity contribution in [3.63, 3.8) is 0 Å². The van der Waals surface area contributed by atoms with Gasteiger partial charge in [-0.25, -0.2) is 8.42 Å². The van der Waals surface area contributed by atoms with Gasteiger partial charge in [0.2, 0.25) is 0 Å². The molecule has 4 aliphatic rings. The summed E-state index contributed by atoms with van der Waals surface area (Å²) in [6, 6.07) is 0. The van der Waals surface area contributed by atoms with Gasteiger partial charge in [0, 0.05) is 18.6 Å². The molecular formula is C15H23O5S-. The van der Waals surface area contributed by atoms with E-state index < -0.39 is 10.1 Å². The molecule has 6 heteroatoms. The normalized spacial score (nSPS) is 44.3. The highest BCUT2D eigenvalue weighted by Gasteiger charge is 2.61. The average molecular weight is 315 g/mol. The molecule has 1 spiro atoms. The predicted molar refractivity (Wildman–Crippen MR) is 74.4 cm³/mol. The van der Waals surface area contributed by atoms with Crippen molar-refractivity contribution >= 4 is 10.1 Å². The molecule has 2 bridgehead atoms. The van der Waals surface area contributed by atoms with E-state index >= 15 is 0 Å². The Hall–Kier alpha value is -0.170. The highest BCUT2D eigenvalue weighted by Crippen LogP contribution is 2.58. The van der Waals surface area contributed by atoms with E-state index in [0.29, 0.717) is 24.2 Å². The quantitative estimate of drug-likeness (QED) is 0.745. The van der Waals surface area contributed by atoms with E-state index in [9.17, 15) is 13.0 Å². The summed E-state index contributed by atoms with van der Waals surface area (Å²) >= 11 is 0. The first-order valence-electron chi connectivity index (χ1n) is 8.25. The van der Waals surface area contributed by atoms with E-state index in [0.717, 1.165) is 25.7 Å². The van der Waals surface area contributed by atoms with E-state index in [-0.39, 0.29) is 23.7 Å². The van der Waals surface area contributed by atoms with Crippen molar-refractivity contribution in [1.29, 1.82) is 0 Å². The van der Waals surface area contributed by atoms with Crippen molar-refractivity contribution in [1.82, 2.24) is 0 Å². The number of hydrogen-bond acceptors (Lipinski definition) is 5. The van der Waals surface area contributed by atoms with Crippen LogP contribution in [0.3, 0.4) is 0 Å². The van der Waals surface area contributed by atoms with E-state index in [1.807, 2.05) is 0 Å². The molecule has 0 aromatic rings. The van der Waals surface area contributed by atoms with Crippen molar-refractivity contribution in [2.45, 2.75) is 69.4 Å². The second kappa shape index (κ2) is 4.91. The lowest BCUT2D eigenvalue weighted by atomic mass is 9.83. The summed E-state index contributed by atoms with van der Waals surface area (Å²) < 4.78 is 45.3. The standard InChI is InChI=1S/C15H24O5S/c16-21(17,18)7-4-10-8-11-9-12(10)14-13(11)19-15(20-14)5-2-1-3-6-15/h10-14H,1-9H2,(H,16,17,18)/p-1. The summed E-state index contributed by atoms with van der Waals surface area (Å²) in [5, 5.41) is 0. The number of rotatable bonds is 3. The maximum Gasteiger partial charge on any atom is 0.169 e. The molecule has 5 unspecified atom stereocenters. The fraction of sp³-hybridized carbons (Fsp3) is 1.00. The van der Waals surface area contributed by atoms with Gasteiger partial charge in [-0.3, -0.25) is 0 Å². The van der Waals surface area contributed by atoms with Crippen LogP contribution in [0.5, 0.6) is 0 Å². The van der Waals surface area contributed by atoms with Gasteiger partial charge in [-0.15, -0.1) is 0 Å². The van der Waals surface area contributed by atoms with Gasteiger partial charge in [-0.1, -0.05) is 6.42 Å². The second-order valence-corrected chi connectivity index (χ2v) is 8.87. The molecule has 0 aromatic heterocycles. The predicted octanol–water partition coefficient (Wildman–Crippen LogP) is 2.02. The molecule has 1 aliphatic heterocycles. The van der Waals surface area contributed by atoms with Crippen molar-refractivity contribution in [2.24, 2.45) is 17.8 Å². The Morgan fingerprint density at radius 1 is 1.05 bits per heavy atom. The first-order valence-corrected chi connectivity index (χ1v) is 9.83. The minimum atomic E-state index is -4.10. The molecule has 5 nitrogen and oxygen atoms in total. The Balaban J connectivity index is 1.44. The van der Waals surface area contributed by atoms with Crippen molar-refractivity contribution in [3.8, 4) is 0 Å². The molecule has 5 atom stereocenters. The zero-order chi connectivity index (χ0) is 14.7. The summed E-state index contributed by atoms with van der Waals surface area (Å²) in [4.78, 5) is 0. The Bertz CT molecular complexity index is 510. The third-order valence-electron chi connectivity index (χ3n) is 6.05. The molecule has 3 aliphatic carbocycles. The van der Waals surface area contributed by atoms with E-state index in [2.05, 4.69) is 0 Å². The lowest BCUT2D eigenvalue weighted by molar-refractivity contribution is -0.203. The van der Waals surface area contributed by atoms with Gasteiger partial charge < -0.3 is 14.0 Å². The second-order valence-electron chi connectivity index (χ2n) is 7.34. The molecular weight excluding hydrogens is 292 g/mol. The van der Waals surface area contributed by atoms with Gasteiger partial charge in [-0.2, -0.15) is 0 Å². The molecule has 4 fully saturated rings. The number of ether oxygens (including phenoxy) is 2. The zero-order valence-corrected chi connectivity index (χ0v) is 13.0. The first kappa shape index (κ1) is 14.4. The minimum Gasteiger partial charge on any atom is -0.748 e. The minimum absolute atomic E-state index is 0.140. The molecule has 1 heterocycles. The molecule has 1 saturated heterocycles. The van der Waals surface area contributed by atoms with Crippen LogP contribution < -0.4 is 0 Å². The van der Waals surface area contributed by atoms with E-state index in [1.54, 1.807) is 0 Å². The van der Waals surface area contributed by atoms with Gasteiger partial charge in [0.15, 0.2) is 5.79 Å². The third-order valence-corrected chi connectivity index (χ3v) is 6.79. The lowest BCUT2D eigenvalue weighted by Gasteiger charge is -2.33. The van der Waals surface area contributed by atoms with Gasteiger partial charge in [0.25, 0.3) is 0 Å². The highest BCUT2D eigenvalue weighted by atomic mass is 32.2. The van der Waals surface area contributed by atoms with Gasteiger partial charge in [0.1, 0.15) is 0 Å². The highest BCUT2D eigenvalue weighted by molar-refractivity contribution is 7.85. The Kier molecular flexibility index (Phi) is 3.37. The first-order chi connectivity index (χ1) is 9.96. The SMILES string of the molecule is O=S(=O)([O-])CCC1CC2CC1C1OC3(CCCCC3)OC21. The van der Waals surface area contributed by atoms with Crippen molar-refractivity contribution < 1.29 is 22.4 Å². The molecule has 0 N–H and O–H groups in total. The molecule has 21 heavy (non-hydrogen) atoms. The zero-order valence-electron chi connectivity index (χ0n) is 12.2. The summed E-state index contributed by atoms with van der Waals surface area (Å²) in [6.45, 7) is 0. The Morgan fingerprint density at radius 3 is 2.48 bits per heavy atom. The van der Waals surface area contributed by atoms with Crippen molar-refractivity contribution in [3.05, 3.63) is 0 Å². The van der Waals surface area contributed by atoms with Crippen LogP contribution in [0.2, 0.25) is 0 Å². The summed E-state index contributed by atoms with van der Waals surface area (Å²) in [7, 11) is -4.10. The van der Waals surface area contributed by atoms with Crippen LogP contribution in [0.15, 0.2) is 0 Å². The fourth-order valence-electron chi connectivity index (χ4n) is 5.18. The van der Waals surface area contributed by atoms with Crippen LogP contribution in [0.25, 0.3) is 0 Å². The molecule has 4 rings (SSSR count). The largest absolute Gasteiger partial charge is 0.748 e. The summed E-state index contributed by atoms with van der Waals surface area (Å²) in [6.07, 6.45) is 8.54. The van der Waals surface area contributed by atoms with Gasteiger partial charge in [-0.05, 0) is 49.9 Å². The van der Waals surface area contributed by atoms with Gasteiger partial charge in [0.05, 0.1) is 22.3 Å².